The molecule has 0 spiro atoms. The SMILES string of the molecule is COc1ccc(C2CCCN2CC2CNCCO2)c(OC)c1. The Morgan fingerprint density at radius 3 is 2.95 bits per heavy atom. The van der Waals surface area contributed by atoms with E-state index in [1.165, 1.54) is 18.4 Å². The lowest BCUT2D eigenvalue weighted by Gasteiger charge is -2.32. The molecule has 2 heterocycles. The normalized spacial score (nSPS) is 26.1. The number of morpholine rings is 1. The van der Waals surface area contributed by atoms with Crippen molar-refractivity contribution in [1.82, 2.24) is 10.2 Å². The average molecular weight is 306 g/mol. The highest BCUT2D eigenvalue weighted by Gasteiger charge is 2.30. The smallest absolute Gasteiger partial charge is 0.127 e. The zero-order valence-electron chi connectivity index (χ0n) is 13.5. The maximum absolute atomic E-state index is 5.86. The summed E-state index contributed by atoms with van der Waals surface area (Å²) >= 11 is 0. The Kier molecular flexibility index (Phi) is 5.18. The molecule has 5 nitrogen and oxygen atoms in total. The number of benzene rings is 1. The van der Waals surface area contributed by atoms with Crippen molar-refractivity contribution in [3.8, 4) is 11.5 Å². The van der Waals surface area contributed by atoms with E-state index in [-0.39, 0.29) is 0 Å². The van der Waals surface area contributed by atoms with E-state index >= 15 is 0 Å². The molecule has 2 aliphatic rings. The van der Waals surface area contributed by atoms with Gasteiger partial charge in [0.2, 0.25) is 0 Å². The highest BCUT2D eigenvalue weighted by atomic mass is 16.5. The number of ether oxygens (including phenoxy) is 3. The first-order valence-electron chi connectivity index (χ1n) is 8.10. The third-order valence-electron chi connectivity index (χ3n) is 4.61. The van der Waals surface area contributed by atoms with Gasteiger partial charge >= 0.3 is 0 Å². The number of methoxy groups -OCH3 is 2. The molecule has 2 saturated heterocycles. The summed E-state index contributed by atoms with van der Waals surface area (Å²) in [6.07, 6.45) is 2.68. The summed E-state index contributed by atoms with van der Waals surface area (Å²) in [6, 6.07) is 6.55. The van der Waals surface area contributed by atoms with Crippen molar-refractivity contribution in [2.45, 2.75) is 25.0 Å². The third-order valence-corrected chi connectivity index (χ3v) is 4.61. The summed E-state index contributed by atoms with van der Waals surface area (Å²) in [6.45, 7) is 4.83. The summed E-state index contributed by atoms with van der Waals surface area (Å²) < 4.78 is 16.8. The van der Waals surface area contributed by atoms with Gasteiger partial charge in [0.25, 0.3) is 0 Å². The van der Waals surface area contributed by atoms with Gasteiger partial charge in [-0.2, -0.15) is 0 Å². The first kappa shape index (κ1) is 15.6. The molecule has 2 atom stereocenters. The van der Waals surface area contributed by atoms with Crippen molar-refractivity contribution < 1.29 is 14.2 Å². The van der Waals surface area contributed by atoms with Gasteiger partial charge in [0.05, 0.1) is 26.9 Å². The Balaban J connectivity index is 1.74. The van der Waals surface area contributed by atoms with Gasteiger partial charge in [-0.1, -0.05) is 6.07 Å². The Hall–Kier alpha value is -1.30. The van der Waals surface area contributed by atoms with Crippen molar-refractivity contribution in [1.29, 1.82) is 0 Å². The molecular formula is C17H26N2O3. The van der Waals surface area contributed by atoms with Crippen LogP contribution in [0.5, 0.6) is 11.5 Å². The monoisotopic (exact) mass is 306 g/mol. The molecule has 2 aliphatic heterocycles. The molecule has 1 N–H and O–H groups in total. The molecule has 0 aromatic heterocycles. The van der Waals surface area contributed by atoms with Gasteiger partial charge in [-0.25, -0.2) is 0 Å². The maximum Gasteiger partial charge on any atom is 0.127 e. The lowest BCUT2D eigenvalue weighted by Crippen LogP contribution is -2.45. The fourth-order valence-electron chi connectivity index (χ4n) is 3.49. The van der Waals surface area contributed by atoms with Crippen molar-refractivity contribution in [3.05, 3.63) is 23.8 Å². The Morgan fingerprint density at radius 1 is 1.32 bits per heavy atom. The van der Waals surface area contributed by atoms with Gasteiger partial charge in [-0.15, -0.1) is 0 Å². The molecule has 0 amide bonds. The number of rotatable bonds is 5. The second kappa shape index (κ2) is 7.31. The van der Waals surface area contributed by atoms with Gasteiger partial charge in [0, 0.05) is 37.3 Å². The molecule has 0 aliphatic carbocycles. The van der Waals surface area contributed by atoms with Crippen LogP contribution in [0.1, 0.15) is 24.4 Å². The van der Waals surface area contributed by atoms with Crippen LogP contribution in [-0.4, -0.2) is 58.0 Å². The molecule has 0 radical (unpaired) electrons. The van der Waals surface area contributed by atoms with Crippen LogP contribution in [0.15, 0.2) is 18.2 Å². The lowest BCUT2D eigenvalue weighted by atomic mass is 10.0. The number of hydrogen-bond donors (Lipinski definition) is 1. The van der Waals surface area contributed by atoms with Crippen LogP contribution in [0.25, 0.3) is 0 Å². The van der Waals surface area contributed by atoms with Crippen molar-refractivity contribution >= 4 is 0 Å². The predicted molar refractivity (Wildman–Crippen MR) is 85.7 cm³/mol. The highest BCUT2D eigenvalue weighted by Crippen LogP contribution is 2.38. The van der Waals surface area contributed by atoms with E-state index in [1.807, 2.05) is 12.1 Å². The van der Waals surface area contributed by atoms with Crippen LogP contribution >= 0.6 is 0 Å². The molecular weight excluding hydrogens is 280 g/mol. The van der Waals surface area contributed by atoms with Gasteiger partial charge in [0.15, 0.2) is 0 Å². The van der Waals surface area contributed by atoms with Crippen LogP contribution in [0.4, 0.5) is 0 Å². The van der Waals surface area contributed by atoms with Crippen LogP contribution in [0.3, 0.4) is 0 Å². The van der Waals surface area contributed by atoms with Crippen LogP contribution in [-0.2, 0) is 4.74 Å². The second-order valence-corrected chi connectivity index (χ2v) is 5.96. The molecule has 5 heteroatoms. The third kappa shape index (κ3) is 3.37. The van der Waals surface area contributed by atoms with E-state index in [0.29, 0.717) is 12.1 Å². The zero-order chi connectivity index (χ0) is 15.4. The topological polar surface area (TPSA) is 43.0 Å². The molecule has 1 aromatic carbocycles. The van der Waals surface area contributed by atoms with E-state index < -0.39 is 0 Å². The largest absolute Gasteiger partial charge is 0.497 e. The Labute approximate surface area is 132 Å². The van der Waals surface area contributed by atoms with E-state index in [2.05, 4.69) is 16.3 Å². The molecule has 2 unspecified atom stereocenters. The highest BCUT2D eigenvalue weighted by molar-refractivity contribution is 5.42. The molecule has 1 aromatic rings. The molecule has 22 heavy (non-hydrogen) atoms. The van der Waals surface area contributed by atoms with E-state index in [4.69, 9.17) is 14.2 Å². The Bertz CT molecular complexity index is 489. The van der Waals surface area contributed by atoms with Crippen LogP contribution < -0.4 is 14.8 Å². The molecule has 122 valence electrons. The van der Waals surface area contributed by atoms with Gasteiger partial charge in [-0.05, 0) is 25.5 Å². The standard InChI is InChI=1S/C17H26N2O3/c1-20-13-5-6-15(17(10-13)21-2)16-4-3-8-19(16)12-14-11-18-7-9-22-14/h5-6,10,14,16,18H,3-4,7-9,11-12H2,1-2H3. The van der Waals surface area contributed by atoms with E-state index in [0.717, 1.165) is 44.3 Å². The second-order valence-electron chi connectivity index (χ2n) is 5.96. The van der Waals surface area contributed by atoms with Crippen molar-refractivity contribution in [3.63, 3.8) is 0 Å². The Morgan fingerprint density at radius 2 is 2.23 bits per heavy atom. The summed E-state index contributed by atoms with van der Waals surface area (Å²) in [5.74, 6) is 1.75. The first-order valence-corrected chi connectivity index (χ1v) is 8.10. The van der Waals surface area contributed by atoms with Gasteiger partial charge < -0.3 is 19.5 Å². The maximum atomic E-state index is 5.86. The fraction of sp³-hybridized carbons (Fsp3) is 0.647. The number of nitrogens with one attached hydrogen (secondary N) is 1. The fourth-order valence-corrected chi connectivity index (χ4v) is 3.49. The van der Waals surface area contributed by atoms with Crippen molar-refractivity contribution in [2.24, 2.45) is 0 Å². The quantitative estimate of drug-likeness (QED) is 0.899. The minimum atomic E-state index is 0.290. The minimum Gasteiger partial charge on any atom is -0.497 e. The number of hydrogen-bond acceptors (Lipinski definition) is 5. The van der Waals surface area contributed by atoms with Crippen LogP contribution in [0.2, 0.25) is 0 Å². The summed E-state index contributed by atoms with van der Waals surface area (Å²) in [4.78, 5) is 2.53. The van der Waals surface area contributed by atoms with E-state index in [1.54, 1.807) is 14.2 Å². The van der Waals surface area contributed by atoms with Crippen molar-refractivity contribution in [2.75, 3.05) is 47.0 Å². The molecule has 2 fully saturated rings. The minimum absolute atomic E-state index is 0.290. The van der Waals surface area contributed by atoms with Gasteiger partial charge in [-0.3, -0.25) is 4.90 Å². The molecule has 0 saturated carbocycles. The number of likely N-dealkylation sites (tertiary alicyclic amines) is 1. The lowest BCUT2D eigenvalue weighted by molar-refractivity contribution is 0.00283. The van der Waals surface area contributed by atoms with Crippen LogP contribution in [0, 0.1) is 0 Å². The summed E-state index contributed by atoms with van der Waals surface area (Å²) in [5, 5.41) is 3.41. The summed E-state index contributed by atoms with van der Waals surface area (Å²) in [5.41, 5.74) is 1.25. The first-order chi connectivity index (χ1) is 10.8. The number of nitrogens with zero attached hydrogens (tertiary/aromatic N) is 1. The average Bonchev–Trinajstić information content (AvgIpc) is 3.03. The molecule has 0 bridgehead atoms. The summed E-state index contributed by atoms with van der Waals surface area (Å²) in [7, 11) is 3.41. The zero-order valence-corrected chi connectivity index (χ0v) is 13.5. The molecule has 3 rings (SSSR count). The van der Waals surface area contributed by atoms with Gasteiger partial charge in [0.1, 0.15) is 11.5 Å². The van der Waals surface area contributed by atoms with E-state index in [9.17, 15) is 0 Å². The predicted octanol–water partition coefficient (Wildman–Crippen LogP) is 1.83.